The van der Waals surface area contributed by atoms with Crippen LogP contribution in [-0.2, 0) is 4.79 Å². The van der Waals surface area contributed by atoms with Crippen molar-refractivity contribution in [1.82, 2.24) is 10.3 Å². The minimum atomic E-state index is -0.709. The fourth-order valence-corrected chi connectivity index (χ4v) is 1.63. The molecule has 0 unspecified atom stereocenters. The van der Waals surface area contributed by atoms with Gasteiger partial charge in [0.15, 0.2) is 0 Å². The standard InChI is InChI=1S/C13H20N2O2/c1-11(12-7-4-6-10-15-12)14-9-5-2-3-8-13(16)17/h4,6-7,10-11,14H,2-3,5,8-9H2,1H3,(H,16,17)/t11-/m0/s1. The maximum absolute atomic E-state index is 10.3. The Morgan fingerprint density at radius 3 is 2.88 bits per heavy atom. The van der Waals surface area contributed by atoms with Gasteiger partial charge in [-0.25, -0.2) is 0 Å². The predicted molar refractivity (Wildman–Crippen MR) is 66.8 cm³/mol. The number of nitrogens with one attached hydrogen (secondary N) is 1. The molecule has 4 nitrogen and oxygen atoms in total. The van der Waals surface area contributed by atoms with Crippen LogP contribution in [0.2, 0.25) is 0 Å². The SMILES string of the molecule is C[C@H](NCCCCCC(=O)O)c1ccccn1. The van der Waals surface area contributed by atoms with E-state index in [1.807, 2.05) is 18.2 Å². The summed E-state index contributed by atoms with van der Waals surface area (Å²) in [6, 6.07) is 6.13. The van der Waals surface area contributed by atoms with E-state index >= 15 is 0 Å². The zero-order valence-corrected chi connectivity index (χ0v) is 10.2. The summed E-state index contributed by atoms with van der Waals surface area (Å²) in [5, 5.41) is 11.9. The van der Waals surface area contributed by atoms with Gasteiger partial charge in [-0.15, -0.1) is 0 Å². The van der Waals surface area contributed by atoms with E-state index in [1.165, 1.54) is 0 Å². The Kier molecular flexibility index (Phi) is 6.25. The van der Waals surface area contributed by atoms with E-state index in [4.69, 9.17) is 5.11 Å². The Bertz CT molecular complexity index is 327. The van der Waals surface area contributed by atoms with Gasteiger partial charge in [-0.05, 0) is 38.4 Å². The number of nitrogens with zero attached hydrogens (tertiary/aromatic N) is 1. The van der Waals surface area contributed by atoms with E-state index in [2.05, 4.69) is 17.2 Å². The van der Waals surface area contributed by atoms with Gasteiger partial charge < -0.3 is 10.4 Å². The van der Waals surface area contributed by atoms with Crippen molar-refractivity contribution in [3.05, 3.63) is 30.1 Å². The summed E-state index contributed by atoms with van der Waals surface area (Å²) in [5.74, 6) is -0.709. The number of carbonyl (C=O) groups is 1. The van der Waals surface area contributed by atoms with Crippen LogP contribution in [0.25, 0.3) is 0 Å². The van der Waals surface area contributed by atoms with Gasteiger partial charge >= 0.3 is 5.97 Å². The largest absolute Gasteiger partial charge is 0.481 e. The van der Waals surface area contributed by atoms with Crippen molar-refractivity contribution in [2.24, 2.45) is 0 Å². The number of aromatic nitrogens is 1. The van der Waals surface area contributed by atoms with E-state index < -0.39 is 5.97 Å². The molecule has 4 heteroatoms. The highest BCUT2D eigenvalue weighted by molar-refractivity contribution is 5.66. The van der Waals surface area contributed by atoms with E-state index in [0.29, 0.717) is 0 Å². The van der Waals surface area contributed by atoms with Crippen molar-refractivity contribution in [1.29, 1.82) is 0 Å². The number of rotatable bonds is 8. The number of carboxylic acid groups (broad SMARTS) is 1. The first-order valence-electron chi connectivity index (χ1n) is 6.06. The molecule has 0 saturated heterocycles. The molecule has 17 heavy (non-hydrogen) atoms. The quantitative estimate of drug-likeness (QED) is 0.680. The van der Waals surface area contributed by atoms with Crippen LogP contribution >= 0.6 is 0 Å². The van der Waals surface area contributed by atoms with Crippen LogP contribution in [0.15, 0.2) is 24.4 Å². The summed E-state index contributed by atoms with van der Waals surface area (Å²) in [7, 11) is 0. The highest BCUT2D eigenvalue weighted by Crippen LogP contribution is 2.08. The minimum Gasteiger partial charge on any atom is -0.481 e. The van der Waals surface area contributed by atoms with Crippen LogP contribution in [0.3, 0.4) is 0 Å². The average Bonchev–Trinajstić information content (AvgIpc) is 2.34. The highest BCUT2D eigenvalue weighted by atomic mass is 16.4. The fraction of sp³-hybridized carbons (Fsp3) is 0.538. The van der Waals surface area contributed by atoms with Gasteiger partial charge in [0.1, 0.15) is 0 Å². The molecule has 1 heterocycles. The maximum Gasteiger partial charge on any atom is 0.303 e. The smallest absolute Gasteiger partial charge is 0.303 e. The molecule has 1 rings (SSSR count). The number of aliphatic carboxylic acids is 1. The Balaban J connectivity index is 2.09. The van der Waals surface area contributed by atoms with Crippen molar-refractivity contribution >= 4 is 5.97 Å². The first-order valence-corrected chi connectivity index (χ1v) is 6.06. The van der Waals surface area contributed by atoms with Crippen LogP contribution in [-0.4, -0.2) is 22.6 Å². The summed E-state index contributed by atoms with van der Waals surface area (Å²) in [5.41, 5.74) is 1.04. The van der Waals surface area contributed by atoms with Crippen LogP contribution in [0.1, 0.15) is 44.3 Å². The third kappa shape index (κ3) is 6.02. The van der Waals surface area contributed by atoms with Crippen LogP contribution in [0.5, 0.6) is 0 Å². The zero-order chi connectivity index (χ0) is 12.5. The molecular formula is C13H20N2O2. The van der Waals surface area contributed by atoms with Crippen molar-refractivity contribution in [3.8, 4) is 0 Å². The third-order valence-corrected chi connectivity index (χ3v) is 2.65. The normalized spacial score (nSPS) is 12.3. The van der Waals surface area contributed by atoms with Gasteiger partial charge in [0.25, 0.3) is 0 Å². The second-order valence-electron chi connectivity index (χ2n) is 4.13. The van der Waals surface area contributed by atoms with Gasteiger partial charge in [0.2, 0.25) is 0 Å². The molecular weight excluding hydrogens is 216 g/mol. The van der Waals surface area contributed by atoms with E-state index in [9.17, 15) is 4.79 Å². The molecule has 0 aliphatic rings. The topological polar surface area (TPSA) is 62.2 Å². The maximum atomic E-state index is 10.3. The Labute approximate surface area is 102 Å². The van der Waals surface area contributed by atoms with Crippen molar-refractivity contribution < 1.29 is 9.90 Å². The molecule has 0 radical (unpaired) electrons. The molecule has 0 fully saturated rings. The van der Waals surface area contributed by atoms with Gasteiger partial charge in [0.05, 0.1) is 5.69 Å². The third-order valence-electron chi connectivity index (χ3n) is 2.65. The number of hydrogen-bond acceptors (Lipinski definition) is 3. The lowest BCUT2D eigenvalue weighted by atomic mass is 10.1. The minimum absolute atomic E-state index is 0.246. The molecule has 0 spiro atoms. The molecule has 1 aromatic heterocycles. The Morgan fingerprint density at radius 1 is 1.41 bits per heavy atom. The Morgan fingerprint density at radius 2 is 2.24 bits per heavy atom. The lowest BCUT2D eigenvalue weighted by Gasteiger charge is -2.12. The highest BCUT2D eigenvalue weighted by Gasteiger charge is 2.04. The number of pyridine rings is 1. The lowest BCUT2D eigenvalue weighted by molar-refractivity contribution is -0.137. The second kappa shape index (κ2) is 7.79. The van der Waals surface area contributed by atoms with Crippen LogP contribution < -0.4 is 5.32 Å². The summed E-state index contributed by atoms with van der Waals surface area (Å²) >= 11 is 0. The monoisotopic (exact) mass is 236 g/mol. The van der Waals surface area contributed by atoms with Crippen molar-refractivity contribution in [2.45, 2.75) is 38.6 Å². The van der Waals surface area contributed by atoms with E-state index in [0.717, 1.165) is 31.5 Å². The molecule has 0 aliphatic heterocycles. The average molecular weight is 236 g/mol. The molecule has 2 N–H and O–H groups in total. The number of carboxylic acids is 1. The van der Waals surface area contributed by atoms with Gasteiger partial charge in [-0.1, -0.05) is 12.5 Å². The molecule has 0 aliphatic carbocycles. The first-order chi connectivity index (χ1) is 8.20. The molecule has 0 aromatic carbocycles. The molecule has 1 atom stereocenters. The molecule has 0 amide bonds. The van der Waals surface area contributed by atoms with Gasteiger partial charge in [0, 0.05) is 18.7 Å². The molecule has 94 valence electrons. The summed E-state index contributed by atoms with van der Waals surface area (Å²) < 4.78 is 0. The Hall–Kier alpha value is -1.42. The molecule has 0 saturated carbocycles. The van der Waals surface area contributed by atoms with Gasteiger partial charge in [-0.3, -0.25) is 9.78 Å². The van der Waals surface area contributed by atoms with Crippen LogP contribution in [0.4, 0.5) is 0 Å². The number of hydrogen-bond donors (Lipinski definition) is 2. The zero-order valence-electron chi connectivity index (χ0n) is 10.2. The first kappa shape index (κ1) is 13.6. The van der Waals surface area contributed by atoms with E-state index in [1.54, 1.807) is 6.20 Å². The predicted octanol–water partition coefficient (Wildman–Crippen LogP) is 2.38. The lowest BCUT2D eigenvalue weighted by Crippen LogP contribution is -2.20. The summed E-state index contributed by atoms with van der Waals surface area (Å²) in [6.45, 7) is 2.98. The van der Waals surface area contributed by atoms with Crippen molar-refractivity contribution in [3.63, 3.8) is 0 Å². The van der Waals surface area contributed by atoms with E-state index in [-0.39, 0.29) is 12.5 Å². The second-order valence-corrected chi connectivity index (χ2v) is 4.13. The summed E-state index contributed by atoms with van der Waals surface area (Å²) in [6.07, 6.45) is 4.78. The van der Waals surface area contributed by atoms with Gasteiger partial charge in [-0.2, -0.15) is 0 Å². The molecule has 1 aromatic rings. The number of unbranched alkanes of at least 4 members (excludes halogenated alkanes) is 2. The summed E-state index contributed by atoms with van der Waals surface area (Å²) in [4.78, 5) is 14.6. The fourth-order valence-electron chi connectivity index (χ4n) is 1.63. The van der Waals surface area contributed by atoms with Crippen LogP contribution in [0, 0.1) is 0 Å². The van der Waals surface area contributed by atoms with Crippen molar-refractivity contribution in [2.75, 3.05) is 6.54 Å². The molecule has 0 bridgehead atoms.